The van der Waals surface area contributed by atoms with Crippen molar-refractivity contribution < 1.29 is 4.79 Å². The van der Waals surface area contributed by atoms with Gasteiger partial charge in [-0.05, 0) is 43.5 Å². The molecule has 0 aliphatic rings. The third-order valence-corrected chi connectivity index (χ3v) is 3.87. The van der Waals surface area contributed by atoms with Crippen molar-refractivity contribution in [3.05, 3.63) is 78.4 Å². The second kappa shape index (κ2) is 7.77. The van der Waals surface area contributed by atoms with E-state index in [1.807, 2.05) is 72.5 Å². The number of aryl methyl sites for hydroxylation is 1. The van der Waals surface area contributed by atoms with Crippen molar-refractivity contribution in [3.8, 4) is 0 Å². The summed E-state index contributed by atoms with van der Waals surface area (Å²) in [4.78, 5) is 15.0. The van der Waals surface area contributed by atoms with Crippen molar-refractivity contribution in [1.29, 1.82) is 0 Å². The molecule has 0 saturated carbocycles. The van der Waals surface area contributed by atoms with E-state index in [2.05, 4.69) is 20.4 Å². The predicted octanol–water partition coefficient (Wildman–Crippen LogP) is 5.24. The SMILES string of the molecule is C=C[C@H](CC(C)C)N(C(=O)c1ccccc1)c1ccc(C)cc1. The molecule has 0 radical (unpaired) electrons. The van der Waals surface area contributed by atoms with Crippen LogP contribution >= 0.6 is 0 Å². The monoisotopic (exact) mass is 307 g/mol. The van der Waals surface area contributed by atoms with Gasteiger partial charge in [0.2, 0.25) is 0 Å². The number of carbonyl (C=O) groups is 1. The highest BCUT2D eigenvalue weighted by atomic mass is 16.2. The molecule has 2 aromatic carbocycles. The van der Waals surface area contributed by atoms with E-state index < -0.39 is 0 Å². The Bertz CT molecular complexity index is 643. The highest BCUT2D eigenvalue weighted by molar-refractivity contribution is 6.06. The zero-order valence-corrected chi connectivity index (χ0v) is 14.2. The summed E-state index contributed by atoms with van der Waals surface area (Å²) in [6.07, 6.45) is 2.76. The van der Waals surface area contributed by atoms with Gasteiger partial charge in [-0.15, -0.1) is 6.58 Å². The van der Waals surface area contributed by atoms with E-state index in [1.165, 1.54) is 5.56 Å². The molecule has 0 aromatic heterocycles. The summed E-state index contributed by atoms with van der Waals surface area (Å²) in [7, 11) is 0. The molecular weight excluding hydrogens is 282 g/mol. The van der Waals surface area contributed by atoms with Gasteiger partial charge in [0.1, 0.15) is 0 Å². The Kier molecular flexibility index (Phi) is 5.75. The van der Waals surface area contributed by atoms with Crippen LogP contribution in [0.5, 0.6) is 0 Å². The van der Waals surface area contributed by atoms with Crippen LogP contribution in [0, 0.1) is 12.8 Å². The third-order valence-electron chi connectivity index (χ3n) is 3.87. The van der Waals surface area contributed by atoms with Crippen LogP contribution in [0.25, 0.3) is 0 Å². The fourth-order valence-corrected chi connectivity index (χ4v) is 2.67. The van der Waals surface area contributed by atoms with Crippen molar-refractivity contribution in [2.45, 2.75) is 33.2 Å². The summed E-state index contributed by atoms with van der Waals surface area (Å²) in [6.45, 7) is 10.3. The number of hydrogen-bond donors (Lipinski definition) is 0. The second-order valence-electron chi connectivity index (χ2n) is 6.31. The molecule has 23 heavy (non-hydrogen) atoms. The summed E-state index contributed by atoms with van der Waals surface area (Å²) >= 11 is 0. The minimum atomic E-state index is -0.0228. The normalized spacial score (nSPS) is 12.0. The number of nitrogens with zero attached hydrogens (tertiary/aromatic N) is 1. The lowest BCUT2D eigenvalue weighted by Gasteiger charge is -2.31. The second-order valence-corrected chi connectivity index (χ2v) is 6.31. The fourth-order valence-electron chi connectivity index (χ4n) is 2.67. The molecule has 0 N–H and O–H groups in total. The van der Waals surface area contributed by atoms with Gasteiger partial charge in [0, 0.05) is 11.3 Å². The van der Waals surface area contributed by atoms with Crippen molar-refractivity contribution in [2.75, 3.05) is 4.90 Å². The Labute approximate surface area is 139 Å². The summed E-state index contributed by atoms with van der Waals surface area (Å²) in [5.74, 6) is 0.495. The van der Waals surface area contributed by atoms with Crippen LogP contribution in [0.4, 0.5) is 5.69 Å². The highest BCUT2D eigenvalue weighted by Gasteiger charge is 2.24. The van der Waals surface area contributed by atoms with E-state index in [9.17, 15) is 4.79 Å². The molecule has 0 fully saturated rings. The lowest BCUT2D eigenvalue weighted by molar-refractivity contribution is 0.0979. The van der Waals surface area contributed by atoms with Crippen LogP contribution in [0.15, 0.2) is 67.3 Å². The van der Waals surface area contributed by atoms with Gasteiger partial charge in [-0.2, -0.15) is 0 Å². The minimum Gasteiger partial charge on any atom is -0.301 e. The summed E-state index contributed by atoms with van der Waals surface area (Å²) < 4.78 is 0. The number of anilines is 1. The van der Waals surface area contributed by atoms with Crippen LogP contribution in [0.1, 0.15) is 36.2 Å². The maximum atomic E-state index is 13.1. The van der Waals surface area contributed by atoms with Gasteiger partial charge in [0.05, 0.1) is 6.04 Å². The zero-order chi connectivity index (χ0) is 16.8. The molecule has 0 unspecified atom stereocenters. The molecule has 0 saturated heterocycles. The smallest absolute Gasteiger partial charge is 0.258 e. The van der Waals surface area contributed by atoms with Crippen LogP contribution in [0.2, 0.25) is 0 Å². The average Bonchev–Trinajstić information content (AvgIpc) is 2.56. The summed E-state index contributed by atoms with van der Waals surface area (Å²) in [6, 6.07) is 17.5. The highest BCUT2D eigenvalue weighted by Crippen LogP contribution is 2.24. The summed E-state index contributed by atoms with van der Waals surface area (Å²) in [5, 5.41) is 0. The molecule has 0 spiro atoms. The number of carbonyl (C=O) groups excluding carboxylic acids is 1. The van der Waals surface area contributed by atoms with Crippen LogP contribution < -0.4 is 4.90 Å². The van der Waals surface area contributed by atoms with Gasteiger partial charge in [0.25, 0.3) is 5.91 Å². The molecule has 1 atom stereocenters. The Balaban J connectivity index is 2.43. The van der Waals surface area contributed by atoms with E-state index >= 15 is 0 Å². The largest absolute Gasteiger partial charge is 0.301 e. The number of amides is 1. The van der Waals surface area contributed by atoms with E-state index in [4.69, 9.17) is 0 Å². The number of hydrogen-bond acceptors (Lipinski definition) is 1. The molecule has 2 aromatic rings. The summed E-state index contributed by atoms with van der Waals surface area (Å²) in [5.41, 5.74) is 2.79. The molecule has 1 amide bonds. The first kappa shape index (κ1) is 17.0. The lowest BCUT2D eigenvalue weighted by atomic mass is 10.0. The van der Waals surface area contributed by atoms with E-state index in [-0.39, 0.29) is 11.9 Å². The van der Waals surface area contributed by atoms with Gasteiger partial charge in [0.15, 0.2) is 0 Å². The zero-order valence-electron chi connectivity index (χ0n) is 14.2. The molecule has 0 bridgehead atoms. The van der Waals surface area contributed by atoms with Crippen LogP contribution in [-0.2, 0) is 0 Å². The Morgan fingerprint density at radius 1 is 1.09 bits per heavy atom. The minimum absolute atomic E-state index is 0.0139. The molecular formula is C21H25NO. The molecule has 0 aliphatic carbocycles. The van der Waals surface area contributed by atoms with Crippen molar-refractivity contribution in [3.63, 3.8) is 0 Å². The molecule has 0 aliphatic heterocycles. The van der Waals surface area contributed by atoms with E-state index in [0.717, 1.165) is 12.1 Å². The standard InChI is InChI=1S/C21H25NO/c1-5-19(15-16(2)3)22(20-13-11-17(4)12-14-20)21(23)18-9-7-6-8-10-18/h5-14,16,19H,1,15H2,2-4H3/t19-/m1/s1. The maximum absolute atomic E-state index is 13.1. The molecule has 0 heterocycles. The Morgan fingerprint density at radius 3 is 2.22 bits per heavy atom. The fraction of sp³-hybridized carbons (Fsp3) is 0.286. The van der Waals surface area contributed by atoms with Crippen molar-refractivity contribution in [2.24, 2.45) is 5.92 Å². The molecule has 2 rings (SSSR count). The van der Waals surface area contributed by atoms with Gasteiger partial charge in [-0.1, -0.05) is 55.8 Å². The van der Waals surface area contributed by atoms with Gasteiger partial charge < -0.3 is 4.90 Å². The predicted molar refractivity (Wildman–Crippen MR) is 97.9 cm³/mol. The molecule has 2 heteroatoms. The Hall–Kier alpha value is -2.35. The average molecular weight is 307 g/mol. The topological polar surface area (TPSA) is 20.3 Å². The Morgan fingerprint density at radius 2 is 1.70 bits per heavy atom. The first-order chi connectivity index (χ1) is 11.0. The maximum Gasteiger partial charge on any atom is 0.258 e. The number of rotatable bonds is 6. The van der Waals surface area contributed by atoms with E-state index in [1.54, 1.807) is 0 Å². The molecule has 120 valence electrons. The first-order valence-corrected chi connectivity index (χ1v) is 8.10. The van der Waals surface area contributed by atoms with Crippen LogP contribution in [-0.4, -0.2) is 11.9 Å². The lowest BCUT2D eigenvalue weighted by Crippen LogP contribution is -2.40. The number of benzene rings is 2. The third kappa shape index (κ3) is 4.32. The van der Waals surface area contributed by atoms with Gasteiger partial charge >= 0.3 is 0 Å². The van der Waals surface area contributed by atoms with E-state index in [0.29, 0.717) is 11.5 Å². The van der Waals surface area contributed by atoms with Gasteiger partial charge in [-0.25, -0.2) is 0 Å². The van der Waals surface area contributed by atoms with Gasteiger partial charge in [-0.3, -0.25) is 4.79 Å². The van der Waals surface area contributed by atoms with Crippen molar-refractivity contribution >= 4 is 11.6 Å². The van der Waals surface area contributed by atoms with Crippen molar-refractivity contribution in [1.82, 2.24) is 0 Å². The first-order valence-electron chi connectivity index (χ1n) is 8.10. The van der Waals surface area contributed by atoms with Crippen LogP contribution in [0.3, 0.4) is 0 Å². The molecule has 2 nitrogen and oxygen atoms in total. The quantitative estimate of drug-likeness (QED) is 0.668.